The van der Waals surface area contributed by atoms with Crippen LogP contribution in [0, 0.1) is 13.8 Å². The minimum Gasteiger partial charge on any atom is -0.493 e. The van der Waals surface area contributed by atoms with Crippen LogP contribution in [0.5, 0.6) is 5.75 Å². The molecule has 19 heavy (non-hydrogen) atoms. The molecule has 1 fully saturated rings. The van der Waals surface area contributed by atoms with Gasteiger partial charge in [-0.05, 0) is 44.4 Å². The van der Waals surface area contributed by atoms with Crippen LogP contribution in [0.2, 0.25) is 0 Å². The highest BCUT2D eigenvalue weighted by molar-refractivity contribution is 5.35. The van der Waals surface area contributed by atoms with Crippen molar-refractivity contribution >= 4 is 0 Å². The lowest BCUT2D eigenvalue weighted by atomic mass is 10.1. The van der Waals surface area contributed by atoms with E-state index in [0.29, 0.717) is 6.04 Å². The van der Waals surface area contributed by atoms with E-state index < -0.39 is 0 Å². The number of ether oxygens (including phenoxy) is 1. The van der Waals surface area contributed by atoms with E-state index in [1.54, 1.807) is 0 Å². The van der Waals surface area contributed by atoms with Crippen LogP contribution in [0.3, 0.4) is 0 Å². The van der Waals surface area contributed by atoms with Crippen molar-refractivity contribution in [2.75, 3.05) is 32.8 Å². The van der Waals surface area contributed by atoms with Gasteiger partial charge in [0.2, 0.25) is 0 Å². The van der Waals surface area contributed by atoms with Crippen LogP contribution in [-0.2, 0) is 0 Å². The first kappa shape index (κ1) is 14.4. The van der Waals surface area contributed by atoms with Crippen molar-refractivity contribution in [2.24, 2.45) is 0 Å². The van der Waals surface area contributed by atoms with Crippen molar-refractivity contribution in [2.45, 2.75) is 33.2 Å². The van der Waals surface area contributed by atoms with E-state index >= 15 is 0 Å². The molecule has 1 aromatic carbocycles. The van der Waals surface area contributed by atoms with Crippen LogP contribution in [0.1, 0.15) is 24.5 Å². The van der Waals surface area contributed by atoms with E-state index in [2.05, 4.69) is 49.2 Å². The van der Waals surface area contributed by atoms with Gasteiger partial charge in [0.15, 0.2) is 0 Å². The molecule has 1 heterocycles. The van der Waals surface area contributed by atoms with Gasteiger partial charge in [-0.3, -0.25) is 4.90 Å². The van der Waals surface area contributed by atoms with Crippen molar-refractivity contribution in [3.63, 3.8) is 0 Å². The van der Waals surface area contributed by atoms with E-state index in [-0.39, 0.29) is 0 Å². The van der Waals surface area contributed by atoms with Gasteiger partial charge in [-0.25, -0.2) is 0 Å². The van der Waals surface area contributed by atoms with Gasteiger partial charge in [-0.1, -0.05) is 12.1 Å². The van der Waals surface area contributed by atoms with Gasteiger partial charge >= 0.3 is 0 Å². The number of rotatable bonds is 5. The van der Waals surface area contributed by atoms with E-state index in [9.17, 15) is 0 Å². The molecule has 0 spiro atoms. The van der Waals surface area contributed by atoms with Gasteiger partial charge in [0, 0.05) is 32.2 Å². The Morgan fingerprint density at radius 3 is 3.00 bits per heavy atom. The number of piperazine rings is 1. The summed E-state index contributed by atoms with van der Waals surface area (Å²) in [5, 5.41) is 3.42. The molecule has 1 saturated heterocycles. The Labute approximate surface area is 116 Å². The molecular weight excluding hydrogens is 236 g/mol. The zero-order valence-corrected chi connectivity index (χ0v) is 12.4. The Balaban J connectivity index is 1.73. The van der Waals surface area contributed by atoms with Crippen LogP contribution in [0.25, 0.3) is 0 Å². The monoisotopic (exact) mass is 262 g/mol. The molecule has 1 aliphatic rings. The molecule has 0 bridgehead atoms. The summed E-state index contributed by atoms with van der Waals surface area (Å²) in [6.07, 6.45) is 1.09. The lowest BCUT2D eigenvalue weighted by molar-refractivity contribution is 0.160. The smallest absolute Gasteiger partial charge is 0.122 e. The number of nitrogens with one attached hydrogen (secondary N) is 1. The maximum atomic E-state index is 5.90. The summed E-state index contributed by atoms with van der Waals surface area (Å²) >= 11 is 0. The Morgan fingerprint density at radius 2 is 2.21 bits per heavy atom. The second-order valence-corrected chi connectivity index (χ2v) is 5.56. The molecule has 2 rings (SSSR count). The zero-order valence-electron chi connectivity index (χ0n) is 12.4. The Kier molecular flexibility index (Phi) is 5.23. The summed E-state index contributed by atoms with van der Waals surface area (Å²) < 4.78 is 5.90. The van der Waals surface area contributed by atoms with Crippen molar-refractivity contribution in [3.05, 3.63) is 29.3 Å². The van der Waals surface area contributed by atoms with Crippen molar-refractivity contribution in [1.29, 1.82) is 0 Å². The molecule has 1 atom stereocenters. The lowest BCUT2D eigenvalue weighted by Gasteiger charge is -2.33. The number of hydrogen-bond acceptors (Lipinski definition) is 3. The number of benzene rings is 1. The summed E-state index contributed by atoms with van der Waals surface area (Å²) in [6, 6.07) is 7.03. The predicted octanol–water partition coefficient (Wildman–Crippen LogP) is 2.37. The molecule has 3 heteroatoms. The third-order valence-corrected chi connectivity index (χ3v) is 3.83. The minimum absolute atomic E-state index is 0.648. The number of aryl methyl sites for hydroxylation is 2. The molecule has 1 N–H and O–H groups in total. The lowest BCUT2D eigenvalue weighted by Crippen LogP contribution is -2.50. The zero-order chi connectivity index (χ0) is 13.7. The SMILES string of the molecule is Cc1ccc(C)c(OCCCN2CCNC[C@@H]2C)c1. The molecule has 106 valence electrons. The molecule has 1 aromatic rings. The van der Waals surface area contributed by atoms with Gasteiger partial charge in [0.25, 0.3) is 0 Å². The highest BCUT2D eigenvalue weighted by Gasteiger charge is 2.16. The Bertz CT molecular complexity index is 406. The maximum absolute atomic E-state index is 5.90. The van der Waals surface area contributed by atoms with E-state index in [0.717, 1.165) is 45.0 Å². The number of nitrogens with zero attached hydrogens (tertiary/aromatic N) is 1. The highest BCUT2D eigenvalue weighted by Crippen LogP contribution is 2.19. The van der Waals surface area contributed by atoms with E-state index in [4.69, 9.17) is 4.74 Å². The normalized spacial score (nSPS) is 20.5. The number of hydrogen-bond donors (Lipinski definition) is 1. The third kappa shape index (κ3) is 4.22. The van der Waals surface area contributed by atoms with Gasteiger partial charge in [0.05, 0.1) is 6.61 Å². The fourth-order valence-corrected chi connectivity index (χ4v) is 2.53. The molecule has 0 unspecified atom stereocenters. The first-order chi connectivity index (χ1) is 9.16. The second-order valence-electron chi connectivity index (χ2n) is 5.56. The molecule has 0 aromatic heterocycles. The van der Waals surface area contributed by atoms with Gasteiger partial charge in [-0.2, -0.15) is 0 Å². The minimum atomic E-state index is 0.648. The topological polar surface area (TPSA) is 24.5 Å². The predicted molar refractivity (Wildman–Crippen MR) is 79.9 cm³/mol. The summed E-state index contributed by atoms with van der Waals surface area (Å²) in [5.41, 5.74) is 2.48. The average molecular weight is 262 g/mol. The molecule has 0 saturated carbocycles. The summed E-state index contributed by atoms with van der Waals surface area (Å²) in [5.74, 6) is 1.04. The van der Waals surface area contributed by atoms with Crippen molar-refractivity contribution in [3.8, 4) is 5.75 Å². The van der Waals surface area contributed by atoms with Crippen molar-refractivity contribution < 1.29 is 4.74 Å². The summed E-state index contributed by atoms with van der Waals surface area (Å²) in [6.45, 7) is 11.8. The molecule has 0 aliphatic carbocycles. The molecule has 0 radical (unpaired) electrons. The fraction of sp³-hybridized carbons (Fsp3) is 0.625. The first-order valence-electron chi connectivity index (χ1n) is 7.31. The standard InChI is InChI=1S/C16H26N2O/c1-13-5-6-14(2)16(11-13)19-10-4-8-18-9-7-17-12-15(18)3/h5-6,11,15,17H,4,7-10,12H2,1-3H3/t15-/m0/s1. The molecule has 3 nitrogen and oxygen atoms in total. The maximum Gasteiger partial charge on any atom is 0.122 e. The summed E-state index contributed by atoms with van der Waals surface area (Å²) in [7, 11) is 0. The quantitative estimate of drug-likeness (QED) is 0.825. The highest BCUT2D eigenvalue weighted by atomic mass is 16.5. The molecule has 1 aliphatic heterocycles. The molecule has 0 amide bonds. The van der Waals surface area contributed by atoms with Crippen molar-refractivity contribution in [1.82, 2.24) is 10.2 Å². The van der Waals surface area contributed by atoms with Gasteiger partial charge in [0.1, 0.15) is 5.75 Å². The first-order valence-corrected chi connectivity index (χ1v) is 7.31. The van der Waals surface area contributed by atoms with Gasteiger partial charge in [-0.15, -0.1) is 0 Å². The molecular formula is C16H26N2O. The van der Waals surface area contributed by atoms with Crippen LogP contribution >= 0.6 is 0 Å². The van der Waals surface area contributed by atoms with Gasteiger partial charge < -0.3 is 10.1 Å². The fourth-order valence-electron chi connectivity index (χ4n) is 2.53. The van der Waals surface area contributed by atoms with E-state index in [1.165, 1.54) is 11.1 Å². The third-order valence-electron chi connectivity index (χ3n) is 3.83. The van der Waals surface area contributed by atoms with Crippen LogP contribution in [0.4, 0.5) is 0 Å². The van der Waals surface area contributed by atoms with Crippen LogP contribution < -0.4 is 10.1 Å². The second kappa shape index (κ2) is 6.92. The Hall–Kier alpha value is -1.06. The average Bonchev–Trinajstić information content (AvgIpc) is 2.40. The van der Waals surface area contributed by atoms with Crippen LogP contribution in [-0.4, -0.2) is 43.7 Å². The summed E-state index contributed by atoms with van der Waals surface area (Å²) in [4.78, 5) is 2.54. The largest absolute Gasteiger partial charge is 0.493 e. The Morgan fingerprint density at radius 1 is 1.37 bits per heavy atom. The van der Waals surface area contributed by atoms with Crippen LogP contribution in [0.15, 0.2) is 18.2 Å². The van der Waals surface area contributed by atoms with E-state index in [1.807, 2.05) is 0 Å².